The number of benzene rings is 2. The van der Waals surface area contributed by atoms with Crippen LogP contribution in [-0.2, 0) is 24.4 Å². The fraction of sp³-hybridized carbons (Fsp3) is 0.346. The summed E-state index contributed by atoms with van der Waals surface area (Å²) in [6, 6.07) is 14.7. The molecule has 3 heterocycles. The lowest BCUT2D eigenvalue weighted by atomic mass is 10.1. The molecule has 5 rings (SSSR count). The van der Waals surface area contributed by atoms with Gasteiger partial charge in [-0.15, -0.1) is 0 Å². The molecular formula is C26H30N6O3. The van der Waals surface area contributed by atoms with Crippen LogP contribution < -0.4 is 15.5 Å². The maximum absolute atomic E-state index is 11.8. The number of anilines is 2. The highest BCUT2D eigenvalue weighted by Crippen LogP contribution is 2.33. The highest BCUT2D eigenvalue weighted by molar-refractivity contribution is 5.89. The third-order valence-corrected chi connectivity index (χ3v) is 6.22. The monoisotopic (exact) mass is 474 g/mol. The van der Waals surface area contributed by atoms with Gasteiger partial charge in [-0.3, -0.25) is 4.90 Å². The van der Waals surface area contributed by atoms with Gasteiger partial charge in [-0.05, 0) is 48.9 Å². The van der Waals surface area contributed by atoms with Crippen LogP contribution in [-0.4, -0.2) is 58.9 Å². The van der Waals surface area contributed by atoms with Crippen LogP contribution in [0.5, 0.6) is 5.75 Å². The minimum Gasteiger partial charge on any atom is -0.508 e. The number of morpholine rings is 1. The molecule has 2 aliphatic heterocycles. The zero-order chi connectivity index (χ0) is 24.2. The first-order valence-corrected chi connectivity index (χ1v) is 12.0. The first kappa shape index (κ1) is 23.1. The van der Waals surface area contributed by atoms with Crippen molar-refractivity contribution in [3.05, 3.63) is 65.4 Å². The number of nitrogens with one attached hydrogen (secondary N) is 2. The predicted octanol–water partition coefficient (Wildman–Crippen LogP) is 3.34. The van der Waals surface area contributed by atoms with Gasteiger partial charge in [0.05, 0.1) is 18.9 Å². The SMILES string of the molecule is CCNC(=O)Nc1ccc(-c2nc3c(c(N4CCOCC4)n2)CN(Cc2ccc(O)cc2)C3)cc1. The number of rotatable bonds is 6. The van der Waals surface area contributed by atoms with Gasteiger partial charge < -0.3 is 25.4 Å². The first-order chi connectivity index (χ1) is 17.1. The summed E-state index contributed by atoms with van der Waals surface area (Å²) in [5.41, 5.74) is 4.98. The summed E-state index contributed by atoms with van der Waals surface area (Å²) < 4.78 is 5.57. The van der Waals surface area contributed by atoms with Crippen molar-refractivity contribution in [3.8, 4) is 17.1 Å². The number of fused-ring (bicyclic) bond motifs is 1. The van der Waals surface area contributed by atoms with E-state index in [1.165, 1.54) is 5.56 Å². The quantitative estimate of drug-likeness (QED) is 0.504. The average Bonchev–Trinajstić information content (AvgIpc) is 3.28. The van der Waals surface area contributed by atoms with Crippen molar-refractivity contribution in [2.45, 2.75) is 26.6 Å². The number of hydrogen-bond donors (Lipinski definition) is 3. The van der Waals surface area contributed by atoms with E-state index in [0.29, 0.717) is 31.3 Å². The summed E-state index contributed by atoms with van der Waals surface area (Å²) in [7, 11) is 0. The lowest BCUT2D eigenvalue weighted by molar-refractivity contribution is 0.122. The van der Waals surface area contributed by atoms with Gasteiger partial charge in [0.1, 0.15) is 11.6 Å². The van der Waals surface area contributed by atoms with Crippen LogP contribution in [0.2, 0.25) is 0 Å². The van der Waals surface area contributed by atoms with E-state index in [4.69, 9.17) is 14.7 Å². The van der Waals surface area contributed by atoms with Crippen LogP contribution in [0.25, 0.3) is 11.4 Å². The minimum atomic E-state index is -0.225. The Morgan fingerprint density at radius 1 is 1.03 bits per heavy atom. The molecule has 0 saturated carbocycles. The van der Waals surface area contributed by atoms with Gasteiger partial charge in [0, 0.05) is 56.1 Å². The number of aromatic hydroxyl groups is 1. The van der Waals surface area contributed by atoms with Gasteiger partial charge in [-0.25, -0.2) is 14.8 Å². The Hall–Kier alpha value is -3.69. The van der Waals surface area contributed by atoms with Crippen LogP contribution in [0, 0.1) is 0 Å². The number of aromatic nitrogens is 2. The molecule has 0 spiro atoms. The molecule has 182 valence electrons. The molecule has 3 aromatic rings. The summed E-state index contributed by atoms with van der Waals surface area (Å²) in [4.78, 5) is 26.4. The number of carbonyl (C=O) groups excluding carboxylic acids is 1. The molecule has 0 atom stereocenters. The van der Waals surface area contributed by atoms with Gasteiger partial charge in [0.25, 0.3) is 0 Å². The van der Waals surface area contributed by atoms with Crippen molar-refractivity contribution < 1.29 is 14.6 Å². The van der Waals surface area contributed by atoms with E-state index >= 15 is 0 Å². The number of ether oxygens (including phenoxy) is 1. The Morgan fingerprint density at radius 3 is 2.49 bits per heavy atom. The van der Waals surface area contributed by atoms with Gasteiger partial charge >= 0.3 is 6.03 Å². The molecule has 2 amide bonds. The molecule has 2 aliphatic rings. The fourth-order valence-corrected chi connectivity index (χ4v) is 4.48. The number of nitrogens with zero attached hydrogens (tertiary/aromatic N) is 4. The van der Waals surface area contributed by atoms with Gasteiger partial charge in [-0.2, -0.15) is 0 Å². The topological polar surface area (TPSA) is 103 Å². The summed E-state index contributed by atoms with van der Waals surface area (Å²) in [6.45, 7) is 7.71. The van der Waals surface area contributed by atoms with Crippen molar-refractivity contribution in [3.63, 3.8) is 0 Å². The molecule has 1 fully saturated rings. The molecule has 0 bridgehead atoms. The van der Waals surface area contributed by atoms with E-state index in [0.717, 1.165) is 55.4 Å². The molecule has 1 aromatic heterocycles. The molecule has 35 heavy (non-hydrogen) atoms. The third kappa shape index (κ3) is 5.36. The van der Waals surface area contributed by atoms with Crippen molar-refractivity contribution in [1.82, 2.24) is 20.2 Å². The molecule has 9 nitrogen and oxygen atoms in total. The maximum atomic E-state index is 11.8. The van der Waals surface area contributed by atoms with E-state index in [9.17, 15) is 9.90 Å². The number of carbonyl (C=O) groups is 1. The van der Waals surface area contributed by atoms with E-state index in [-0.39, 0.29) is 11.8 Å². The summed E-state index contributed by atoms with van der Waals surface area (Å²) >= 11 is 0. The largest absolute Gasteiger partial charge is 0.508 e. The van der Waals surface area contributed by atoms with Gasteiger partial charge in [0.15, 0.2) is 5.82 Å². The Labute approximate surface area is 204 Å². The summed E-state index contributed by atoms with van der Waals surface area (Å²) in [5, 5.41) is 15.1. The second-order valence-corrected chi connectivity index (χ2v) is 8.77. The zero-order valence-corrected chi connectivity index (χ0v) is 19.8. The molecule has 9 heteroatoms. The smallest absolute Gasteiger partial charge is 0.319 e. The predicted molar refractivity (Wildman–Crippen MR) is 134 cm³/mol. The molecule has 1 saturated heterocycles. The minimum absolute atomic E-state index is 0.225. The van der Waals surface area contributed by atoms with E-state index in [2.05, 4.69) is 20.4 Å². The summed E-state index contributed by atoms with van der Waals surface area (Å²) in [5.74, 6) is 1.93. The Balaban J connectivity index is 1.41. The Kier molecular flexibility index (Phi) is 6.78. The molecule has 0 unspecified atom stereocenters. The highest BCUT2D eigenvalue weighted by atomic mass is 16.5. The van der Waals surface area contributed by atoms with Crippen LogP contribution >= 0.6 is 0 Å². The average molecular weight is 475 g/mol. The highest BCUT2D eigenvalue weighted by Gasteiger charge is 2.28. The molecular weight excluding hydrogens is 444 g/mol. The second-order valence-electron chi connectivity index (χ2n) is 8.77. The maximum Gasteiger partial charge on any atom is 0.319 e. The van der Waals surface area contributed by atoms with Crippen molar-refractivity contribution in [2.75, 3.05) is 43.1 Å². The molecule has 3 N–H and O–H groups in total. The lowest BCUT2D eigenvalue weighted by Gasteiger charge is -2.29. The Morgan fingerprint density at radius 2 is 1.77 bits per heavy atom. The second kappa shape index (κ2) is 10.3. The van der Waals surface area contributed by atoms with Crippen molar-refractivity contribution in [2.24, 2.45) is 0 Å². The zero-order valence-electron chi connectivity index (χ0n) is 19.8. The summed E-state index contributed by atoms with van der Waals surface area (Å²) in [6.07, 6.45) is 0. The normalized spacial score (nSPS) is 15.6. The number of hydrogen-bond acceptors (Lipinski definition) is 7. The van der Waals surface area contributed by atoms with Crippen molar-refractivity contribution >= 4 is 17.5 Å². The number of amides is 2. The fourth-order valence-electron chi connectivity index (χ4n) is 4.48. The molecule has 2 aromatic carbocycles. The van der Waals surface area contributed by atoms with Crippen LogP contribution in [0.3, 0.4) is 0 Å². The van der Waals surface area contributed by atoms with Gasteiger partial charge in [-0.1, -0.05) is 12.1 Å². The van der Waals surface area contributed by atoms with Crippen LogP contribution in [0.15, 0.2) is 48.5 Å². The standard InChI is InChI=1S/C26H30N6O3/c1-2-27-26(34)28-20-7-5-19(6-8-20)24-29-23-17-31(15-18-3-9-21(33)10-4-18)16-22(23)25(30-24)32-11-13-35-14-12-32/h3-10,33H,2,11-17H2,1H3,(H2,27,28,34). The van der Waals surface area contributed by atoms with E-state index < -0.39 is 0 Å². The van der Waals surface area contributed by atoms with Gasteiger partial charge in [0.2, 0.25) is 0 Å². The molecule has 0 radical (unpaired) electrons. The van der Waals surface area contributed by atoms with E-state index in [1.54, 1.807) is 12.1 Å². The Bertz CT molecular complexity index is 1180. The van der Waals surface area contributed by atoms with Crippen LogP contribution in [0.1, 0.15) is 23.7 Å². The lowest BCUT2D eigenvalue weighted by Crippen LogP contribution is -2.37. The van der Waals surface area contributed by atoms with E-state index in [1.807, 2.05) is 43.3 Å². The molecule has 0 aliphatic carbocycles. The number of phenols is 1. The van der Waals surface area contributed by atoms with Crippen LogP contribution in [0.4, 0.5) is 16.3 Å². The number of phenolic OH excluding ortho intramolecular Hbond substituents is 1. The number of urea groups is 1. The first-order valence-electron chi connectivity index (χ1n) is 12.0. The third-order valence-electron chi connectivity index (χ3n) is 6.22. The van der Waals surface area contributed by atoms with Crippen molar-refractivity contribution in [1.29, 1.82) is 0 Å².